The van der Waals surface area contributed by atoms with E-state index in [-0.39, 0.29) is 43.5 Å². The number of anilines is 1. The molecule has 1 aromatic carbocycles. The molecule has 0 atom stereocenters. The minimum atomic E-state index is -0.532. The van der Waals surface area contributed by atoms with Crippen LogP contribution in [-0.2, 0) is 19.1 Å². The Morgan fingerprint density at radius 1 is 1.29 bits per heavy atom. The first-order valence-electron chi connectivity index (χ1n) is 7.75. The van der Waals surface area contributed by atoms with Gasteiger partial charge in [0.15, 0.2) is 13.2 Å². The molecule has 1 aliphatic heterocycles. The van der Waals surface area contributed by atoms with E-state index in [0.717, 1.165) is 0 Å². The summed E-state index contributed by atoms with van der Waals surface area (Å²) in [7, 11) is 0. The van der Waals surface area contributed by atoms with Crippen LogP contribution in [0, 0.1) is 0 Å². The number of amides is 2. The van der Waals surface area contributed by atoms with Crippen molar-refractivity contribution in [1.29, 1.82) is 0 Å². The second-order valence-corrected chi connectivity index (χ2v) is 6.51. The average Bonchev–Trinajstić information content (AvgIpc) is 2.50. The van der Waals surface area contributed by atoms with Gasteiger partial charge in [0.05, 0.1) is 12.1 Å². The fourth-order valence-corrected chi connectivity index (χ4v) is 2.27. The van der Waals surface area contributed by atoms with Gasteiger partial charge in [-0.3, -0.25) is 14.4 Å². The van der Waals surface area contributed by atoms with Gasteiger partial charge in [0.25, 0.3) is 11.8 Å². The molecule has 0 aromatic heterocycles. The van der Waals surface area contributed by atoms with E-state index in [1.807, 2.05) is 26.8 Å². The number of hydrogen-bond donors (Lipinski definition) is 1. The van der Waals surface area contributed by atoms with Crippen LogP contribution in [0.2, 0.25) is 0 Å². The van der Waals surface area contributed by atoms with E-state index in [2.05, 4.69) is 5.32 Å². The van der Waals surface area contributed by atoms with Gasteiger partial charge in [0.2, 0.25) is 0 Å². The lowest BCUT2D eigenvalue weighted by Crippen LogP contribution is -2.43. The lowest BCUT2D eigenvalue weighted by atomic mass is 10.1. The number of carbonyl (C=O) groups is 3. The largest absolute Gasteiger partial charge is 0.482 e. The molecule has 2 rings (SSSR count). The molecule has 0 saturated heterocycles. The van der Waals surface area contributed by atoms with E-state index >= 15 is 0 Å². The van der Waals surface area contributed by atoms with Gasteiger partial charge < -0.3 is 19.7 Å². The Hall–Kier alpha value is -2.57. The van der Waals surface area contributed by atoms with Crippen LogP contribution < -0.4 is 15.0 Å². The number of carbonyl (C=O) groups excluding carboxylic acids is 3. The second kappa shape index (κ2) is 7.33. The Kier molecular flexibility index (Phi) is 5.43. The first kappa shape index (κ1) is 17.8. The van der Waals surface area contributed by atoms with E-state index in [1.54, 1.807) is 18.2 Å². The molecular formula is C17H22N2O5. The quantitative estimate of drug-likeness (QED) is 0.820. The summed E-state index contributed by atoms with van der Waals surface area (Å²) in [6, 6.07) is 7.14. The zero-order chi connectivity index (χ0) is 17.7. The van der Waals surface area contributed by atoms with Crippen molar-refractivity contribution in [2.24, 2.45) is 0 Å². The SMILES string of the molecule is CC(C)(C)NC(=O)COC(=O)CCN1C(=O)COc2ccccc21. The molecule has 2 amide bonds. The van der Waals surface area contributed by atoms with Crippen LogP contribution in [0.4, 0.5) is 5.69 Å². The van der Waals surface area contributed by atoms with Gasteiger partial charge in [-0.15, -0.1) is 0 Å². The Morgan fingerprint density at radius 3 is 2.71 bits per heavy atom. The van der Waals surface area contributed by atoms with Crippen molar-refractivity contribution in [1.82, 2.24) is 5.32 Å². The third-order valence-electron chi connectivity index (χ3n) is 3.23. The maximum Gasteiger partial charge on any atom is 0.308 e. The molecule has 1 N–H and O–H groups in total. The fourth-order valence-electron chi connectivity index (χ4n) is 2.27. The number of ether oxygens (including phenoxy) is 2. The number of para-hydroxylation sites is 2. The fraction of sp³-hybridized carbons (Fsp3) is 0.471. The Morgan fingerprint density at radius 2 is 2.00 bits per heavy atom. The molecule has 0 aliphatic carbocycles. The molecule has 130 valence electrons. The number of rotatable bonds is 5. The maximum atomic E-state index is 12.0. The van der Waals surface area contributed by atoms with Crippen molar-refractivity contribution >= 4 is 23.5 Å². The third kappa shape index (κ3) is 4.97. The zero-order valence-corrected chi connectivity index (χ0v) is 14.1. The molecular weight excluding hydrogens is 312 g/mol. The lowest BCUT2D eigenvalue weighted by Gasteiger charge is -2.29. The molecule has 0 bridgehead atoms. The van der Waals surface area contributed by atoms with E-state index in [1.165, 1.54) is 4.90 Å². The molecule has 0 fully saturated rings. The number of benzene rings is 1. The van der Waals surface area contributed by atoms with Crippen LogP contribution in [0.25, 0.3) is 0 Å². The molecule has 1 aromatic rings. The van der Waals surface area contributed by atoms with Gasteiger partial charge in [-0.25, -0.2) is 0 Å². The summed E-state index contributed by atoms with van der Waals surface area (Å²) in [5, 5.41) is 2.70. The number of nitrogens with one attached hydrogen (secondary N) is 1. The summed E-state index contributed by atoms with van der Waals surface area (Å²) in [4.78, 5) is 36.9. The third-order valence-corrected chi connectivity index (χ3v) is 3.23. The summed E-state index contributed by atoms with van der Waals surface area (Å²) in [5.41, 5.74) is 0.250. The maximum absolute atomic E-state index is 12.0. The second-order valence-electron chi connectivity index (χ2n) is 6.51. The average molecular weight is 334 g/mol. The molecule has 0 unspecified atom stereocenters. The van der Waals surface area contributed by atoms with Crippen LogP contribution in [0.5, 0.6) is 5.75 Å². The summed E-state index contributed by atoms with van der Waals surface area (Å²) in [6.07, 6.45) is 0.00285. The summed E-state index contributed by atoms with van der Waals surface area (Å²) in [6.45, 7) is 5.32. The molecule has 0 spiro atoms. The van der Waals surface area contributed by atoms with Crippen molar-refractivity contribution in [2.75, 3.05) is 24.7 Å². The zero-order valence-electron chi connectivity index (χ0n) is 14.1. The lowest BCUT2D eigenvalue weighted by molar-refractivity contribution is -0.148. The van der Waals surface area contributed by atoms with Crippen LogP contribution in [-0.4, -0.2) is 43.1 Å². The van der Waals surface area contributed by atoms with Crippen molar-refractivity contribution in [2.45, 2.75) is 32.7 Å². The van der Waals surface area contributed by atoms with Crippen LogP contribution in [0.15, 0.2) is 24.3 Å². The molecule has 0 radical (unpaired) electrons. The van der Waals surface area contributed by atoms with E-state index in [4.69, 9.17) is 9.47 Å². The number of hydrogen-bond acceptors (Lipinski definition) is 5. The van der Waals surface area contributed by atoms with Crippen LogP contribution >= 0.6 is 0 Å². The predicted octanol–water partition coefficient (Wildman–Crippen LogP) is 1.26. The molecule has 7 nitrogen and oxygen atoms in total. The van der Waals surface area contributed by atoms with Gasteiger partial charge in [-0.05, 0) is 32.9 Å². The van der Waals surface area contributed by atoms with Crippen molar-refractivity contribution in [3.05, 3.63) is 24.3 Å². The van der Waals surface area contributed by atoms with E-state index in [9.17, 15) is 14.4 Å². The highest BCUT2D eigenvalue weighted by molar-refractivity contribution is 5.98. The van der Waals surface area contributed by atoms with Gasteiger partial charge in [0.1, 0.15) is 5.75 Å². The molecule has 7 heteroatoms. The molecule has 1 aliphatic rings. The molecule has 0 saturated carbocycles. The first-order chi connectivity index (χ1) is 11.3. The Bertz CT molecular complexity index is 636. The Balaban J connectivity index is 1.84. The number of fused-ring (bicyclic) bond motifs is 1. The highest BCUT2D eigenvalue weighted by atomic mass is 16.5. The van der Waals surface area contributed by atoms with Gasteiger partial charge >= 0.3 is 5.97 Å². The minimum absolute atomic E-state index is 0.00285. The number of esters is 1. The summed E-state index contributed by atoms with van der Waals surface area (Å²) < 4.78 is 10.3. The highest BCUT2D eigenvalue weighted by Crippen LogP contribution is 2.31. The summed E-state index contributed by atoms with van der Waals surface area (Å²) in [5.74, 6) is -0.499. The van der Waals surface area contributed by atoms with E-state index < -0.39 is 5.97 Å². The van der Waals surface area contributed by atoms with E-state index in [0.29, 0.717) is 11.4 Å². The highest BCUT2D eigenvalue weighted by Gasteiger charge is 2.25. The summed E-state index contributed by atoms with van der Waals surface area (Å²) >= 11 is 0. The standard InChI is InChI=1S/C17H22N2O5/c1-17(2,3)18-14(20)10-24-16(22)8-9-19-12-6-4-5-7-13(12)23-11-15(19)21/h4-7H,8-11H2,1-3H3,(H,18,20). The van der Waals surface area contributed by atoms with Gasteiger partial charge in [-0.1, -0.05) is 12.1 Å². The van der Waals surface area contributed by atoms with Crippen LogP contribution in [0.3, 0.4) is 0 Å². The molecule has 24 heavy (non-hydrogen) atoms. The van der Waals surface area contributed by atoms with Crippen molar-refractivity contribution in [3.8, 4) is 5.75 Å². The van der Waals surface area contributed by atoms with Crippen LogP contribution in [0.1, 0.15) is 27.2 Å². The number of nitrogens with zero attached hydrogens (tertiary/aromatic N) is 1. The molecule has 1 heterocycles. The minimum Gasteiger partial charge on any atom is -0.482 e. The van der Waals surface area contributed by atoms with Gasteiger partial charge in [0, 0.05) is 12.1 Å². The monoisotopic (exact) mass is 334 g/mol. The topological polar surface area (TPSA) is 84.9 Å². The normalized spacial score (nSPS) is 13.8. The first-order valence-corrected chi connectivity index (χ1v) is 7.75. The smallest absolute Gasteiger partial charge is 0.308 e. The Labute approximate surface area is 140 Å². The van der Waals surface area contributed by atoms with Crippen molar-refractivity contribution in [3.63, 3.8) is 0 Å². The van der Waals surface area contributed by atoms with Gasteiger partial charge in [-0.2, -0.15) is 0 Å². The van der Waals surface area contributed by atoms with Crippen molar-refractivity contribution < 1.29 is 23.9 Å². The predicted molar refractivity (Wildman–Crippen MR) is 87.8 cm³/mol.